The summed E-state index contributed by atoms with van der Waals surface area (Å²) in [5.74, 6) is 0.908. The second-order valence-electron chi connectivity index (χ2n) is 5.87. The van der Waals surface area contributed by atoms with Crippen molar-refractivity contribution >= 4 is 5.97 Å². The van der Waals surface area contributed by atoms with E-state index in [9.17, 15) is 9.90 Å². The van der Waals surface area contributed by atoms with Crippen LogP contribution in [0.25, 0.3) is 0 Å². The van der Waals surface area contributed by atoms with E-state index in [-0.39, 0.29) is 0 Å². The maximum absolute atomic E-state index is 11.6. The predicted molar refractivity (Wildman–Crippen MR) is 72.4 cm³/mol. The number of aliphatic carboxylic acids is 1. The molecule has 2 aliphatic carbocycles. The van der Waals surface area contributed by atoms with Gasteiger partial charge in [-0.1, -0.05) is 25.0 Å². The number of carboxylic acid groups (broad SMARTS) is 1. The van der Waals surface area contributed by atoms with Gasteiger partial charge >= 0.3 is 5.97 Å². The molecule has 1 aromatic carbocycles. The van der Waals surface area contributed by atoms with Crippen LogP contribution in [0.5, 0.6) is 5.75 Å². The van der Waals surface area contributed by atoms with E-state index < -0.39 is 11.4 Å². The van der Waals surface area contributed by atoms with Gasteiger partial charge in [0.1, 0.15) is 5.75 Å². The molecule has 1 aromatic rings. The van der Waals surface area contributed by atoms with E-state index in [2.05, 4.69) is 0 Å². The summed E-state index contributed by atoms with van der Waals surface area (Å²) in [5.41, 5.74) is 0.269. The van der Waals surface area contributed by atoms with Crippen LogP contribution in [0, 0.1) is 5.92 Å². The quantitative estimate of drug-likeness (QED) is 0.883. The van der Waals surface area contributed by atoms with Crippen LogP contribution < -0.4 is 4.74 Å². The van der Waals surface area contributed by atoms with Gasteiger partial charge in [-0.25, -0.2) is 0 Å². The molecule has 0 heterocycles. The zero-order valence-electron chi connectivity index (χ0n) is 11.1. The van der Waals surface area contributed by atoms with Crippen LogP contribution in [0.1, 0.15) is 44.1 Å². The predicted octanol–water partition coefficient (Wildman–Crippen LogP) is 3.37. The van der Waals surface area contributed by atoms with Crippen molar-refractivity contribution in [2.75, 3.05) is 6.61 Å². The molecule has 3 heteroatoms. The van der Waals surface area contributed by atoms with E-state index in [1.54, 1.807) is 0 Å². The minimum Gasteiger partial charge on any atom is -0.493 e. The molecule has 0 aliphatic heterocycles. The Bertz CT molecular complexity index is 453. The van der Waals surface area contributed by atoms with E-state index in [0.717, 1.165) is 49.5 Å². The monoisotopic (exact) mass is 260 g/mol. The van der Waals surface area contributed by atoms with Crippen LogP contribution in [-0.2, 0) is 10.2 Å². The number of benzene rings is 1. The molecule has 19 heavy (non-hydrogen) atoms. The first-order valence-electron chi connectivity index (χ1n) is 7.17. The van der Waals surface area contributed by atoms with Gasteiger partial charge < -0.3 is 9.84 Å². The number of carboxylic acids is 1. The van der Waals surface area contributed by atoms with Gasteiger partial charge in [-0.3, -0.25) is 4.79 Å². The molecule has 0 spiro atoms. The highest BCUT2D eigenvalue weighted by Crippen LogP contribution is 2.41. The Balaban J connectivity index is 1.74. The summed E-state index contributed by atoms with van der Waals surface area (Å²) in [7, 11) is 0. The molecular weight excluding hydrogens is 240 g/mol. The van der Waals surface area contributed by atoms with Crippen molar-refractivity contribution in [2.24, 2.45) is 5.92 Å². The molecular formula is C16H20O3. The van der Waals surface area contributed by atoms with Crippen LogP contribution in [0.4, 0.5) is 0 Å². The SMILES string of the molecule is O=C(O)C1(c2ccc(OCC3CC3)cc2)CCCC1. The Hall–Kier alpha value is -1.51. The smallest absolute Gasteiger partial charge is 0.314 e. The number of carbonyl (C=O) groups is 1. The van der Waals surface area contributed by atoms with Gasteiger partial charge in [-0.05, 0) is 49.3 Å². The van der Waals surface area contributed by atoms with Gasteiger partial charge in [0.15, 0.2) is 0 Å². The first kappa shape index (κ1) is 12.5. The van der Waals surface area contributed by atoms with Gasteiger partial charge in [-0.15, -0.1) is 0 Å². The molecule has 0 unspecified atom stereocenters. The molecule has 1 N–H and O–H groups in total. The number of hydrogen-bond donors (Lipinski definition) is 1. The molecule has 0 aromatic heterocycles. The van der Waals surface area contributed by atoms with E-state index in [1.807, 2.05) is 24.3 Å². The Morgan fingerprint density at radius 2 is 1.84 bits per heavy atom. The Morgan fingerprint density at radius 1 is 1.21 bits per heavy atom. The van der Waals surface area contributed by atoms with E-state index in [1.165, 1.54) is 12.8 Å². The number of hydrogen-bond acceptors (Lipinski definition) is 2. The number of rotatable bonds is 5. The highest BCUT2D eigenvalue weighted by atomic mass is 16.5. The summed E-state index contributed by atoms with van der Waals surface area (Å²) in [5, 5.41) is 9.54. The average Bonchev–Trinajstić information content (AvgIpc) is 3.11. The molecule has 102 valence electrons. The second-order valence-corrected chi connectivity index (χ2v) is 5.87. The van der Waals surface area contributed by atoms with Gasteiger partial charge in [-0.2, -0.15) is 0 Å². The van der Waals surface area contributed by atoms with Gasteiger partial charge in [0.05, 0.1) is 12.0 Å². The lowest BCUT2D eigenvalue weighted by Gasteiger charge is -2.24. The second kappa shape index (κ2) is 4.87. The van der Waals surface area contributed by atoms with E-state index in [0.29, 0.717) is 0 Å². The van der Waals surface area contributed by atoms with Crippen molar-refractivity contribution in [3.05, 3.63) is 29.8 Å². The summed E-state index contributed by atoms with van der Waals surface area (Å²) in [6, 6.07) is 7.70. The molecule has 0 amide bonds. The standard InChI is InChI=1S/C16H20O3/c17-15(18)16(9-1-2-10-16)13-5-7-14(8-6-13)19-11-12-3-4-12/h5-8,12H,1-4,9-11H2,(H,17,18). The minimum absolute atomic E-state index is 0.658. The molecule has 3 nitrogen and oxygen atoms in total. The molecule has 0 saturated heterocycles. The Kier molecular flexibility index (Phi) is 3.21. The van der Waals surface area contributed by atoms with Crippen molar-refractivity contribution in [3.8, 4) is 5.75 Å². The topological polar surface area (TPSA) is 46.5 Å². The minimum atomic E-state index is -0.684. The largest absolute Gasteiger partial charge is 0.493 e. The Labute approximate surface area is 113 Å². The van der Waals surface area contributed by atoms with E-state index >= 15 is 0 Å². The van der Waals surface area contributed by atoms with Crippen LogP contribution in [-0.4, -0.2) is 17.7 Å². The van der Waals surface area contributed by atoms with Crippen molar-refractivity contribution in [2.45, 2.75) is 43.9 Å². The van der Waals surface area contributed by atoms with Gasteiger partial charge in [0.2, 0.25) is 0 Å². The first-order chi connectivity index (χ1) is 9.21. The highest BCUT2D eigenvalue weighted by Gasteiger charge is 2.42. The normalized spacial score (nSPS) is 21.3. The maximum atomic E-state index is 11.6. The zero-order valence-corrected chi connectivity index (χ0v) is 11.1. The maximum Gasteiger partial charge on any atom is 0.314 e. The lowest BCUT2D eigenvalue weighted by atomic mass is 9.79. The molecule has 2 fully saturated rings. The molecule has 2 saturated carbocycles. The fourth-order valence-electron chi connectivity index (χ4n) is 2.97. The average molecular weight is 260 g/mol. The fourth-order valence-corrected chi connectivity index (χ4v) is 2.97. The number of ether oxygens (including phenoxy) is 1. The van der Waals surface area contributed by atoms with Crippen LogP contribution in [0.2, 0.25) is 0 Å². The van der Waals surface area contributed by atoms with E-state index in [4.69, 9.17) is 4.74 Å². The van der Waals surface area contributed by atoms with Gasteiger partial charge in [0.25, 0.3) is 0 Å². The van der Waals surface area contributed by atoms with Crippen LogP contribution in [0.15, 0.2) is 24.3 Å². The molecule has 0 atom stereocenters. The third-order valence-electron chi connectivity index (χ3n) is 4.46. The first-order valence-corrected chi connectivity index (χ1v) is 7.17. The van der Waals surface area contributed by atoms with Crippen molar-refractivity contribution in [1.29, 1.82) is 0 Å². The molecule has 0 radical (unpaired) electrons. The summed E-state index contributed by atoms with van der Waals surface area (Å²) < 4.78 is 5.69. The molecule has 2 aliphatic rings. The van der Waals surface area contributed by atoms with Crippen LogP contribution in [0.3, 0.4) is 0 Å². The fraction of sp³-hybridized carbons (Fsp3) is 0.562. The van der Waals surface area contributed by atoms with Gasteiger partial charge in [0, 0.05) is 0 Å². The zero-order chi connectivity index (χ0) is 13.3. The lowest BCUT2D eigenvalue weighted by molar-refractivity contribution is -0.143. The lowest BCUT2D eigenvalue weighted by Crippen LogP contribution is -2.32. The molecule has 3 rings (SSSR count). The summed E-state index contributed by atoms with van der Waals surface area (Å²) in [6.45, 7) is 0.795. The van der Waals surface area contributed by atoms with Crippen molar-refractivity contribution < 1.29 is 14.6 Å². The summed E-state index contributed by atoms with van der Waals surface area (Å²) >= 11 is 0. The van der Waals surface area contributed by atoms with Crippen molar-refractivity contribution in [3.63, 3.8) is 0 Å². The van der Waals surface area contributed by atoms with Crippen LogP contribution >= 0.6 is 0 Å². The highest BCUT2D eigenvalue weighted by molar-refractivity contribution is 5.81. The Morgan fingerprint density at radius 3 is 2.37 bits per heavy atom. The van der Waals surface area contributed by atoms with Crippen molar-refractivity contribution in [1.82, 2.24) is 0 Å². The summed E-state index contributed by atoms with van der Waals surface area (Å²) in [4.78, 5) is 11.6. The summed E-state index contributed by atoms with van der Waals surface area (Å²) in [6.07, 6.45) is 6.08. The third-order valence-corrected chi connectivity index (χ3v) is 4.46. The molecule has 0 bridgehead atoms. The third kappa shape index (κ3) is 2.46.